The summed E-state index contributed by atoms with van der Waals surface area (Å²) in [5.41, 5.74) is 2.92. The Balaban J connectivity index is 1.87. The molecule has 7 heteroatoms. The Morgan fingerprint density at radius 1 is 1.17 bits per heavy atom. The van der Waals surface area contributed by atoms with Crippen molar-refractivity contribution in [3.05, 3.63) is 71.2 Å². The van der Waals surface area contributed by atoms with Gasteiger partial charge < -0.3 is 10.1 Å². The molecule has 0 spiro atoms. The van der Waals surface area contributed by atoms with Gasteiger partial charge in [0.15, 0.2) is 0 Å². The summed E-state index contributed by atoms with van der Waals surface area (Å²) < 4.78 is 20.1. The highest BCUT2D eigenvalue weighted by Gasteiger charge is 2.20. The van der Waals surface area contributed by atoms with E-state index in [1.54, 1.807) is 19.2 Å². The maximum atomic E-state index is 13.0. The van der Waals surface area contributed by atoms with E-state index >= 15 is 0 Å². The van der Waals surface area contributed by atoms with Gasteiger partial charge in [0, 0.05) is 16.3 Å². The molecule has 0 aliphatic heterocycles. The zero-order valence-electron chi connectivity index (χ0n) is 16.3. The second-order valence-corrected chi connectivity index (χ2v) is 7.42. The molecule has 2 aromatic carbocycles. The number of methoxy groups -OCH3 is 1. The molecule has 0 fully saturated rings. The fourth-order valence-corrected chi connectivity index (χ4v) is 3.66. The number of aromatic nitrogens is 1. The molecular weight excluding hydrogens is 389 g/mol. The van der Waals surface area contributed by atoms with Crippen molar-refractivity contribution in [1.82, 2.24) is 4.57 Å². The van der Waals surface area contributed by atoms with Crippen LogP contribution in [0.25, 0.3) is 5.69 Å². The van der Waals surface area contributed by atoms with Crippen molar-refractivity contribution in [3.8, 4) is 17.5 Å². The van der Waals surface area contributed by atoms with E-state index in [1.807, 2.05) is 42.7 Å². The van der Waals surface area contributed by atoms with Gasteiger partial charge in [0.05, 0.1) is 18.4 Å². The highest BCUT2D eigenvalue weighted by Crippen LogP contribution is 2.31. The fraction of sp³-hybridized carbons (Fsp3) is 0.182. The summed E-state index contributed by atoms with van der Waals surface area (Å²) >= 11 is 1.30. The lowest BCUT2D eigenvalue weighted by Crippen LogP contribution is -2.17. The van der Waals surface area contributed by atoms with Gasteiger partial charge in [-0.25, -0.2) is 4.39 Å². The Hall–Kier alpha value is -3.24. The number of carbonyl (C=O) groups excluding carboxylic acids is 1. The summed E-state index contributed by atoms with van der Waals surface area (Å²) in [5, 5.41) is 12.5. The molecule has 148 valence electrons. The lowest BCUT2D eigenvalue weighted by molar-refractivity contribution is -0.113. The molecule has 0 saturated carbocycles. The minimum absolute atomic E-state index is 0.141. The number of carbonyl (C=O) groups is 1. The molecule has 0 saturated heterocycles. The van der Waals surface area contributed by atoms with Crippen molar-refractivity contribution < 1.29 is 13.9 Å². The largest absolute Gasteiger partial charge is 0.497 e. The number of nitrogens with zero attached hydrogens (tertiary/aromatic N) is 2. The van der Waals surface area contributed by atoms with E-state index in [1.165, 1.54) is 23.9 Å². The molecule has 29 heavy (non-hydrogen) atoms. The molecular formula is C22H20FN3O2S. The first-order valence-electron chi connectivity index (χ1n) is 8.89. The number of anilines is 1. The minimum atomic E-state index is -0.319. The molecule has 1 aromatic heterocycles. The summed E-state index contributed by atoms with van der Waals surface area (Å²) in [4.78, 5) is 13.4. The summed E-state index contributed by atoms with van der Waals surface area (Å²) in [5.74, 6) is 0.737. The van der Waals surface area contributed by atoms with Crippen LogP contribution in [-0.4, -0.2) is 23.3 Å². The zero-order chi connectivity index (χ0) is 21.0. The minimum Gasteiger partial charge on any atom is -0.497 e. The van der Waals surface area contributed by atoms with Crippen molar-refractivity contribution in [2.75, 3.05) is 18.2 Å². The lowest BCUT2D eigenvalue weighted by Gasteiger charge is -2.13. The summed E-state index contributed by atoms with van der Waals surface area (Å²) in [6.45, 7) is 3.76. The molecule has 3 rings (SSSR count). The molecule has 0 aliphatic rings. The molecule has 0 atom stereocenters. The van der Waals surface area contributed by atoms with Crippen LogP contribution in [0.3, 0.4) is 0 Å². The molecule has 0 radical (unpaired) electrons. The van der Waals surface area contributed by atoms with Crippen LogP contribution in [-0.2, 0) is 4.79 Å². The van der Waals surface area contributed by atoms with E-state index in [0.29, 0.717) is 11.4 Å². The summed E-state index contributed by atoms with van der Waals surface area (Å²) in [7, 11) is 1.60. The first-order chi connectivity index (χ1) is 13.9. The number of nitrogens with one attached hydrogen (secondary N) is 1. The van der Waals surface area contributed by atoms with Crippen LogP contribution in [0.4, 0.5) is 10.2 Å². The zero-order valence-corrected chi connectivity index (χ0v) is 17.1. The van der Waals surface area contributed by atoms with Crippen LogP contribution in [0.15, 0.2) is 53.4 Å². The highest BCUT2D eigenvalue weighted by atomic mass is 32.2. The number of amides is 1. The first-order valence-corrected chi connectivity index (χ1v) is 9.87. The molecule has 0 bridgehead atoms. The van der Waals surface area contributed by atoms with Gasteiger partial charge in [0.25, 0.3) is 0 Å². The van der Waals surface area contributed by atoms with Gasteiger partial charge >= 0.3 is 0 Å². The number of rotatable bonds is 6. The number of nitriles is 1. The van der Waals surface area contributed by atoms with Gasteiger partial charge in [0.2, 0.25) is 5.91 Å². The summed E-state index contributed by atoms with van der Waals surface area (Å²) in [6, 6.07) is 15.6. The van der Waals surface area contributed by atoms with Crippen LogP contribution in [0, 0.1) is 31.0 Å². The Bertz CT molecular complexity index is 1070. The van der Waals surface area contributed by atoms with Gasteiger partial charge in [0.1, 0.15) is 23.5 Å². The quantitative estimate of drug-likeness (QED) is 0.592. The van der Waals surface area contributed by atoms with E-state index in [9.17, 15) is 14.4 Å². The normalized spacial score (nSPS) is 10.4. The molecule has 0 aliphatic carbocycles. The average molecular weight is 409 g/mol. The van der Waals surface area contributed by atoms with Gasteiger partial charge in [-0.3, -0.25) is 9.36 Å². The Kier molecular flexibility index (Phi) is 6.25. The topological polar surface area (TPSA) is 67.1 Å². The van der Waals surface area contributed by atoms with Crippen molar-refractivity contribution >= 4 is 23.5 Å². The predicted octanol–water partition coefficient (Wildman–Crippen LogP) is 4.84. The SMILES string of the molecule is COc1ccc(-n2c(C)c(C)c(C#N)c2NC(=O)CSc2ccc(F)cc2)cc1. The van der Waals surface area contributed by atoms with Crippen LogP contribution < -0.4 is 10.1 Å². The van der Waals surface area contributed by atoms with E-state index in [4.69, 9.17) is 4.74 Å². The van der Waals surface area contributed by atoms with Gasteiger partial charge in [-0.15, -0.1) is 11.8 Å². The number of ether oxygens (including phenoxy) is 1. The molecule has 1 N–H and O–H groups in total. The van der Waals surface area contributed by atoms with E-state index in [2.05, 4.69) is 11.4 Å². The number of benzene rings is 2. The first kappa shape index (κ1) is 20.5. The predicted molar refractivity (Wildman–Crippen MR) is 112 cm³/mol. The second kappa shape index (κ2) is 8.84. The third-order valence-electron chi connectivity index (χ3n) is 4.60. The Labute approximate surface area is 173 Å². The number of thioether (sulfide) groups is 1. The maximum absolute atomic E-state index is 13.0. The van der Waals surface area contributed by atoms with Crippen LogP contribution in [0.5, 0.6) is 5.75 Å². The smallest absolute Gasteiger partial charge is 0.235 e. The standard InChI is InChI=1S/C22H20FN3O2S/c1-14-15(2)26(17-6-8-18(28-3)9-7-17)22(20(14)12-24)25-21(27)13-29-19-10-4-16(23)5-11-19/h4-11H,13H2,1-3H3,(H,25,27). The van der Waals surface area contributed by atoms with Crippen molar-refractivity contribution in [2.24, 2.45) is 0 Å². The fourth-order valence-electron chi connectivity index (χ4n) is 2.96. The van der Waals surface area contributed by atoms with E-state index in [0.717, 1.165) is 27.6 Å². The third-order valence-corrected chi connectivity index (χ3v) is 5.61. The third kappa shape index (κ3) is 4.44. The van der Waals surface area contributed by atoms with Crippen molar-refractivity contribution in [2.45, 2.75) is 18.7 Å². The summed E-state index contributed by atoms with van der Waals surface area (Å²) in [6.07, 6.45) is 0. The number of hydrogen-bond donors (Lipinski definition) is 1. The number of halogens is 1. The maximum Gasteiger partial charge on any atom is 0.235 e. The highest BCUT2D eigenvalue weighted by molar-refractivity contribution is 8.00. The monoisotopic (exact) mass is 409 g/mol. The van der Waals surface area contributed by atoms with Gasteiger partial charge in [-0.2, -0.15) is 5.26 Å². The number of hydrogen-bond acceptors (Lipinski definition) is 4. The lowest BCUT2D eigenvalue weighted by atomic mass is 10.2. The van der Waals surface area contributed by atoms with Crippen LogP contribution >= 0.6 is 11.8 Å². The van der Waals surface area contributed by atoms with Gasteiger partial charge in [-0.1, -0.05) is 0 Å². The molecule has 3 aromatic rings. The molecule has 0 unspecified atom stereocenters. The van der Waals surface area contributed by atoms with Gasteiger partial charge in [-0.05, 0) is 67.9 Å². The average Bonchev–Trinajstić information content (AvgIpc) is 2.97. The molecule has 5 nitrogen and oxygen atoms in total. The Morgan fingerprint density at radius 2 is 1.83 bits per heavy atom. The second-order valence-electron chi connectivity index (χ2n) is 6.37. The van der Waals surface area contributed by atoms with Crippen LogP contribution in [0.2, 0.25) is 0 Å². The van der Waals surface area contributed by atoms with E-state index < -0.39 is 0 Å². The van der Waals surface area contributed by atoms with E-state index in [-0.39, 0.29) is 17.5 Å². The van der Waals surface area contributed by atoms with Crippen molar-refractivity contribution in [1.29, 1.82) is 5.26 Å². The van der Waals surface area contributed by atoms with Crippen molar-refractivity contribution in [3.63, 3.8) is 0 Å². The van der Waals surface area contributed by atoms with Crippen LogP contribution in [0.1, 0.15) is 16.8 Å². The molecule has 1 amide bonds. The molecule has 1 heterocycles. The Morgan fingerprint density at radius 3 is 2.41 bits per heavy atom.